The van der Waals surface area contributed by atoms with Crippen molar-refractivity contribution in [1.29, 1.82) is 0 Å². The van der Waals surface area contributed by atoms with E-state index >= 15 is 0 Å². The first-order chi connectivity index (χ1) is 7.72. The molecule has 1 N–H and O–H groups in total. The van der Waals surface area contributed by atoms with Gasteiger partial charge < -0.3 is 5.11 Å². The summed E-state index contributed by atoms with van der Waals surface area (Å²) in [5, 5.41) is 13.0. The van der Waals surface area contributed by atoms with Crippen LogP contribution in [0.1, 0.15) is 19.4 Å². The summed E-state index contributed by atoms with van der Waals surface area (Å²) in [6, 6.07) is 8.50. The highest BCUT2D eigenvalue weighted by atomic mass is 32.1. The lowest BCUT2D eigenvalue weighted by molar-refractivity contribution is 0.189. The van der Waals surface area contributed by atoms with Gasteiger partial charge in [0.2, 0.25) is 0 Å². The van der Waals surface area contributed by atoms with Gasteiger partial charge in [-0.05, 0) is 40.7 Å². The Morgan fingerprint density at radius 1 is 1.25 bits per heavy atom. The van der Waals surface area contributed by atoms with Crippen LogP contribution in [0.4, 0.5) is 0 Å². The van der Waals surface area contributed by atoms with E-state index in [9.17, 15) is 5.11 Å². The number of hydrogen-bond donors (Lipinski definition) is 1. The van der Waals surface area contributed by atoms with Gasteiger partial charge in [0.05, 0.1) is 0 Å². The predicted octanol–water partition coefficient (Wildman–Crippen LogP) is 3.71. The number of hydrogen-bond acceptors (Lipinski definition) is 2. The Morgan fingerprint density at radius 2 is 2.00 bits per heavy atom. The van der Waals surface area contributed by atoms with Crippen LogP contribution in [0.2, 0.25) is 0 Å². The Labute approximate surface area is 101 Å². The molecule has 0 aliphatic heterocycles. The first-order valence-corrected chi connectivity index (χ1v) is 6.66. The lowest BCUT2D eigenvalue weighted by atomic mass is 9.90. The molecule has 0 fully saturated rings. The largest absolute Gasteiger partial charge is 0.396 e. The minimum Gasteiger partial charge on any atom is -0.396 e. The normalized spacial score (nSPS) is 13.5. The quantitative estimate of drug-likeness (QED) is 0.855. The first kappa shape index (κ1) is 11.6. The van der Waals surface area contributed by atoms with Crippen molar-refractivity contribution in [3.63, 3.8) is 0 Å². The van der Waals surface area contributed by atoms with Gasteiger partial charge in [-0.15, -0.1) is 11.3 Å². The highest BCUT2D eigenvalue weighted by Gasteiger charge is 2.15. The highest BCUT2D eigenvalue weighted by Crippen LogP contribution is 2.29. The molecule has 86 valence electrons. The van der Waals surface area contributed by atoms with E-state index in [2.05, 4.69) is 43.5 Å². The molecule has 1 aromatic heterocycles. The zero-order valence-corrected chi connectivity index (χ0v) is 10.6. The van der Waals surface area contributed by atoms with E-state index in [0.29, 0.717) is 11.8 Å². The summed E-state index contributed by atoms with van der Waals surface area (Å²) in [6.45, 7) is 4.63. The monoisotopic (exact) mass is 234 g/mol. The van der Waals surface area contributed by atoms with Crippen molar-refractivity contribution in [2.24, 2.45) is 11.8 Å². The van der Waals surface area contributed by atoms with E-state index in [0.717, 1.165) is 6.42 Å². The van der Waals surface area contributed by atoms with Gasteiger partial charge in [-0.2, -0.15) is 0 Å². The van der Waals surface area contributed by atoms with Crippen molar-refractivity contribution in [3.05, 3.63) is 35.2 Å². The molecule has 0 aliphatic rings. The second-order valence-electron chi connectivity index (χ2n) is 4.65. The van der Waals surface area contributed by atoms with E-state index in [1.54, 1.807) is 11.3 Å². The van der Waals surface area contributed by atoms with Crippen LogP contribution in [0, 0.1) is 11.8 Å². The fraction of sp³-hybridized carbons (Fsp3) is 0.429. The number of rotatable bonds is 4. The summed E-state index contributed by atoms with van der Waals surface area (Å²) < 4.78 is 1.35. The molecule has 2 heteroatoms. The smallest absolute Gasteiger partial charge is 0.0464 e. The molecule has 0 saturated heterocycles. The average molecular weight is 234 g/mol. The summed E-state index contributed by atoms with van der Waals surface area (Å²) >= 11 is 1.80. The Balaban J connectivity index is 2.27. The molecule has 0 radical (unpaired) electrons. The molecule has 2 aromatic rings. The second kappa shape index (κ2) is 4.98. The molecule has 1 unspecified atom stereocenters. The zero-order valence-electron chi connectivity index (χ0n) is 9.81. The van der Waals surface area contributed by atoms with Crippen molar-refractivity contribution in [2.75, 3.05) is 6.61 Å². The lowest BCUT2D eigenvalue weighted by Crippen LogP contribution is -2.15. The second-order valence-corrected chi connectivity index (χ2v) is 5.56. The Kier molecular flexibility index (Phi) is 3.62. The van der Waals surface area contributed by atoms with Crippen LogP contribution < -0.4 is 0 Å². The van der Waals surface area contributed by atoms with Crippen LogP contribution in [0.15, 0.2) is 29.6 Å². The topological polar surface area (TPSA) is 20.2 Å². The molecule has 0 amide bonds. The van der Waals surface area contributed by atoms with E-state index in [4.69, 9.17) is 0 Å². The maximum Gasteiger partial charge on any atom is 0.0464 e. The van der Waals surface area contributed by atoms with Gasteiger partial charge in [-0.25, -0.2) is 0 Å². The first-order valence-electron chi connectivity index (χ1n) is 5.78. The summed E-state index contributed by atoms with van der Waals surface area (Å²) in [5.41, 5.74) is 1.38. The number of aliphatic hydroxyl groups excluding tert-OH is 1. The molecule has 2 rings (SSSR count). The fourth-order valence-electron chi connectivity index (χ4n) is 1.98. The Bertz CT molecular complexity index is 458. The zero-order chi connectivity index (χ0) is 11.5. The van der Waals surface area contributed by atoms with E-state index in [1.807, 2.05) is 0 Å². The predicted molar refractivity (Wildman–Crippen MR) is 70.9 cm³/mol. The van der Waals surface area contributed by atoms with Gasteiger partial charge in [0, 0.05) is 11.3 Å². The standard InChI is InChI=1S/C14H18OS/c1-10(2)11(8-15)7-12-9-16-14-6-4-3-5-13(12)14/h3-6,9-11,15H,7-8H2,1-2H3. The summed E-state index contributed by atoms with van der Waals surface area (Å²) in [4.78, 5) is 0. The van der Waals surface area contributed by atoms with E-state index < -0.39 is 0 Å². The highest BCUT2D eigenvalue weighted by molar-refractivity contribution is 7.17. The Morgan fingerprint density at radius 3 is 2.69 bits per heavy atom. The maximum absolute atomic E-state index is 9.37. The average Bonchev–Trinajstić information content (AvgIpc) is 2.69. The van der Waals surface area contributed by atoms with Gasteiger partial charge in [-0.1, -0.05) is 32.0 Å². The van der Waals surface area contributed by atoms with Crippen molar-refractivity contribution >= 4 is 21.4 Å². The van der Waals surface area contributed by atoms with Gasteiger partial charge in [0.15, 0.2) is 0 Å². The van der Waals surface area contributed by atoms with Crippen molar-refractivity contribution in [3.8, 4) is 0 Å². The maximum atomic E-state index is 9.37. The van der Waals surface area contributed by atoms with Crippen LogP contribution in [0.25, 0.3) is 10.1 Å². The molecule has 1 aromatic carbocycles. The van der Waals surface area contributed by atoms with Crippen molar-refractivity contribution in [2.45, 2.75) is 20.3 Å². The number of fused-ring (bicyclic) bond motifs is 1. The molecule has 0 saturated carbocycles. The molecule has 1 heterocycles. The van der Waals surface area contributed by atoms with Gasteiger partial charge >= 0.3 is 0 Å². The van der Waals surface area contributed by atoms with E-state index in [1.165, 1.54) is 15.6 Å². The molecule has 1 atom stereocenters. The minimum atomic E-state index is 0.280. The third-order valence-corrected chi connectivity index (χ3v) is 4.23. The number of aliphatic hydroxyl groups is 1. The van der Waals surface area contributed by atoms with Gasteiger partial charge in [-0.3, -0.25) is 0 Å². The summed E-state index contributed by atoms with van der Waals surface area (Å²) in [5.74, 6) is 0.904. The van der Waals surface area contributed by atoms with Crippen LogP contribution >= 0.6 is 11.3 Å². The molecule has 16 heavy (non-hydrogen) atoms. The summed E-state index contributed by atoms with van der Waals surface area (Å²) in [7, 11) is 0. The van der Waals surface area contributed by atoms with Crippen LogP contribution in [0.3, 0.4) is 0 Å². The third-order valence-electron chi connectivity index (χ3n) is 3.22. The Hall–Kier alpha value is -0.860. The molecule has 1 nitrogen and oxygen atoms in total. The van der Waals surface area contributed by atoms with E-state index in [-0.39, 0.29) is 6.61 Å². The number of thiophene rings is 1. The molecule has 0 spiro atoms. The van der Waals surface area contributed by atoms with Crippen molar-refractivity contribution < 1.29 is 5.11 Å². The van der Waals surface area contributed by atoms with Crippen molar-refractivity contribution in [1.82, 2.24) is 0 Å². The number of benzene rings is 1. The lowest BCUT2D eigenvalue weighted by Gasteiger charge is -2.17. The molecule has 0 aliphatic carbocycles. The van der Waals surface area contributed by atoms with Crippen LogP contribution in [0.5, 0.6) is 0 Å². The minimum absolute atomic E-state index is 0.280. The molecular weight excluding hydrogens is 216 g/mol. The van der Waals surface area contributed by atoms with Crippen LogP contribution in [-0.2, 0) is 6.42 Å². The van der Waals surface area contributed by atoms with Gasteiger partial charge in [0.25, 0.3) is 0 Å². The molecular formula is C14H18OS. The van der Waals surface area contributed by atoms with Gasteiger partial charge in [0.1, 0.15) is 0 Å². The third kappa shape index (κ3) is 2.28. The fourth-order valence-corrected chi connectivity index (χ4v) is 2.96. The molecule has 0 bridgehead atoms. The van der Waals surface area contributed by atoms with Crippen LogP contribution in [-0.4, -0.2) is 11.7 Å². The summed E-state index contributed by atoms with van der Waals surface area (Å²) in [6.07, 6.45) is 0.984. The SMILES string of the molecule is CC(C)C(CO)Cc1csc2ccccc12.